The Balaban J connectivity index is 2.73. The van der Waals surface area contributed by atoms with Crippen LogP contribution in [0.4, 0.5) is 5.69 Å². The Labute approximate surface area is 78.4 Å². The van der Waals surface area contributed by atoms with Crippen LogP contribution in [0.2, 0.25) is 0 Å². The standard InChI is InChI=1S/C10H14N2O/c1-3-6-12(2)10-5-4-9(8-13)11-7-10/h4-5,7-8H,3,6H2,1-2H3. The number of rotatable bonds is 4. The molecule has 1 aromatic heterocycles. The second-order valence-corrected chi connectivity index (χ2v) is 2.98. The molecule has 3 heteroatoms. The predicted molar refractivity (Wildman–Crippen MR) is 53.2 cm³/mol. The number of anilines is 1. The number of aromatic nitrogens is 1. The van der Waals surface area contributed by atoms with Gasteiger partial charge in [-0.15, -0.1) is 0 Å². The summed E-state index contributed by atoms with van der Waals surface area (Å²) < 4.78 is 0. The molecule has 0 atom stereocenters. The number of hydrogen-bond donors (Lipinski definition) is 0. The van der Waals surface area contributed by atoms with Crippen molar-refractivity contribution in [3.05, 3.63) is 24.0 Å². The fourth-order valence-corrected chi connectivity index (χ4v) is 1.16. The zero-order chi connectivity index (χ0) is 9.68. The first-order chi connectivity index (χ1) is 6.27. The van der Waals surface area contributed by atoms with Crippen LogP contribution in [-0.2, 0) is 0 Å². The van der Waals surface area contributed by atoms with Gasteiger partial charge in [0.25, 0.3) is 0 Å². The van der Waals surface area contributed by atoms with E-state index in [-0.39, 0.29) is 0 Å². The molecule has 1 heterocycles. The average Bonchev–Trinajstić information content (AvgIpc) is 2.18. The highest BCUT2D eigenvalue weighted by atomic mass is 16.1. The number of carbonyl (C=O) groups is 1. The van der Waals surface area contributed by atoms with E-state index in [4.69, 9.17) is 0 Å². The molecule has 0 saturated heterocycles. The molecule has 0 N–H and O–H groups in total. The summed E-state index contributed by atoms with van der Waals surface area (Å²) in [5, 5.41) is 0. The third kappa shape index (κ3) is 2.54. The highest BCUT2D eigenvalue weighted by Crippen LogP contribution is 2.10. The summed E-state index contributed by atoms with van der Waals surface area (Å²) in [7, 11) is 2.01. The molecule has 0 radical (unpaired) electrons. The monoisotopic (exact) mass is 178 g/mol. The Morgan fingerprint density at radius 3 is 2.77 bits per heavy atom. The molecular formula is C10H14N2O. The van der Waals surface area contributed by atoms with Crippen LogP contribution in [0.5, 0.6) is 0 Å². The van der Waals surface area contributed by atoms with Crippen molar-refractivity contribution in [3.63, 3.8) is 0 Å². The third-order valence-corrected chi connectivity index (χ3v) is 1.89. The zero-order valence-electron chi connectivity index (χ0n) is 8.03. The van der Waals surface area contributed by atoms with E-state index < -0.39 is 0 Å². The van der Waals surface area contributed by atoms with Crippen LogP contribution in [-0.4, -0.2) is 24.9 Å². The molecule has 1 rings (SSSR count). The van der Waals surface area contributed by atoms with E-state index in [2.05, 4.69) is 16.8 Å². The summed E-state index contributed by atoms with van der Waals surface area (Å²) in [5.74, 6) is 0. The van der Waals surface area contributed by atoms with Gasteiger partial charge in [0.15, 0.2) is 6.29 Å². The van der Waals surface area contributed by atoms with Crippen molar-refractivity contribution in [2.45, 2.75) is 13.3 Å². The molecular weight excluding hydrogens is 164 g/mol. The van der Waals surface area contributed by atoms with Gasteiger partial charge in [0.2, 0.25) is 0 Å². The number of hydrogen-bond acceptors (Lipinski definition) is 3. The van der Waals surface area contributed by atoms with Crippen LogP contribution in [0.3, 0.4) is 0 Å². The number of pyridine rings is 1. The quantitative estimate of drug-likeness (QED) is 0.658. The third-order valence-electron chi connectivity index (χ3n) is 1.89. The topological polar surface area (TPSA) is 33.2 Å². The smallest absolute Gasteiger partial charge is 0.168 e. The van der Waals surface area contributed by atoms with Gasteiger partial charge in [-0.25, -0.2) is 0 Å². The largest absolute Gasteiger partial charge is 0.373 e. The number of aldehydes is 1. The van der Waals surface area contributed by atoms with Crippen molar-refractivity contribution >= 4 is 12.0 Å². The summed E-state index contributed by atoms with van der Waals surface area (Å²) in [4.78, 5) is 16.4. The highest BCUT2D eigenvalue weighted by Gasteiger charge is 1.99. The van der Waals surface area contributed by atoms with Gasteiger partial charge in [-0.05, 0) is 18.6 Å². The fourth-order valence-electron chi connectivity index (χ4n) is 1.16. The van der Waals surface area contributed by atoms with Crippen molar-refractivity contribution < 1.29 is 4.79 Å². The first kappa shape index (κ1) is 9.71. The van der Waals surface area contributed by atoms with Crippen LogP contribution in [0.15, 0.2) is 18.3 Å². The summed E-state index contributed by atoms with van der Waals surface area (Å²) >= 11 is 0. The van der Waals surface area contributed by atoms with Crippen LogP contribution in [0.25, 0.3) is 0 Å². The number of nitrogens with zero attached hydrogens (tertiary/aromatic N) is 2. The van der Waals surface area contributed by atoms with Gasteiger partial charge in [0.05, 0.1) is 11.9 Å². The first-order valence-corrected chi connectivity index (χ1v) is 4.40. The maximum atomic E-state index is 10.3. The van der Waals surface area contributed by atoms with Gasteiger partial charge in [-0.1, -0.05) is 6.92 Å². The van der Waals surface area contributed by atoms with E-state index in [9.17, 15) is 4.79 Å². The lowest BCUT2D eigenvalue weighted by Crippen LogP contribution is -2.17. The Morgan fingerprint density at radius 2 is 2.31 bits per heavy atom. The van der Waals surface area contributed by atoms with Crippen molar-refractivity contribution in [2.24, 2.45) is 0 Å². The lowest BCUT2D eigenvalue weighted by Gasteiger charge is -2.17. The maximum Gasteiger partial charge on any atom is 0.168 e. The molecule has 0 aliphatic heterocycles. The van der Waals surface area contributed by atoms with Gasteiger partial charge < -0.3 is 4.90 Å². The number of carbonyl (C=O) groups excluding carboxylic acids is 1. The minimum atomic E-state index is 0.480. The molecule has 0 unspecified atom stereocenters. The molecule has 13 heavy (non-hydrogen) atoms. The molecule has 3 nitrogen and oxygen atoms in total. The molecule has 0 aliphatic carbocycles. The van der Waals surface area contributed by atoms with Crippen LogP contribution >= 0.6 is 0 Å². The van der Waals surface area contributed by atoms with Crippen molar-refractivity contribution in [2.75, 3.05) is 18.5 Å². The SMILES string of the molecule is CCCN(C)c1ccc(C=O)nc1. The zero-order valence-corrected chi connectivity index (χ0v) is 8.03. The Kier molecular flexibility index (Phi) is 3.43. The van der Waals surface area contributed by atoms with Gasteiger partial charge in [-0.3, -0.25) is 9.78 Å². The minimum Gasteiger partial charge on any atom is -0.373 e. The molecule has 0 aromatic carbocycles. The lowest BCUT2D eigenvalue weighted by molar-refractivity contribution is 0.111. The molecule has 1 aromatic rings. The van der Waals surface area contributed by atoms with Crippen molar-refractivity contribution in [1.29, 1.82) is 0 Å². The minimum absolute atomic E-state index is 0.480. The van der Waals surface area contributed by atoms with E-state index >= 15 is 0 Å². The van der Waals surface area contributed by atoms with E-state index in [0.717, 1.165) is 24.9 Å². The molecule has 0 spiro atoms. The van der Waals surface area contributed by atoms with Crippen LogP contribution < -0.4 is 4.90 Å². The van der Waals surface area contributed by atoms with Crippen molar-refractivity contribution in [3.8, 4) is 0 Å². The second kappa shape index (κ2) is 4.60. The van der Waals surface area contributed by atoms with Crippen LogP contribution in [0, 0.1) is 0 Å². The molecule has 0 fully saturated rings. The lowest BCUT2D eigenvalue weighted by atomic mass is 10.3. The van der Waals surface area contributed by atoms with E-state index in [1.165, 1.54) is 0 Å². The molecule has 0 saturated carbocycles. The summed E-state index contributed by atoms with van der Waals surface area (Å²) in [6, 6.07) is 3.64. The van der Waals surface area contributed by atoms with E-state index in [1.807, 2.05) is 13.1 Å². The molecule has 0 aliphatic rings. The van der Waals surface area contributed by atoms with Crippen LogP contribution in [0.1, 0.15) is 23.8 Å². The summed E-state index contributed by atoms with van der Waals surface area (Å²) in [5.41, 5.74) is 1.53. The van der Waals surface area contributed by atoms with Gasteiger partial charge in [0.1, 0.15) is 5.69 Å². The summed E-state index contributed by atoms with van der Waals surface area (Å²) in [6.07, 6.45) is 3.58. The normalized spacial score (nSPS) is 9.69. The van der Waals surface area contributed by atoms with E-state index in [0.29, 0.717) is 5.69 Å². The Morgan fingerprint density at radius 1 is 1.54 bits per heavy atom. The van der Waals surface area contributed by atoms with Gasteiger partial charge in [-0.2, -0.15) is 0 Å². The van der Waals surface area contributed by atoms with Gasteiger partial charge in [0, 0.05) is 13.6 Å². The summed E-state index contributed by atoms with van der Waals surface area (Å²) in [6.45, 7) is 3.13. The predicted octanol–water partition coefficient (Wildman–Crippen LogP) is 1.74. The first-order valence-electron chi connectivity index (χ1n) is 4.40. The maximum absolute atomic E-state index is 10.3. The van der Waals surface area contributed by atoms with E-state index in [1.54, 1.807) is 12.3 Å². The van der Waals surface area contributed by atoms with Crippen molar-refractivity contribution in [1.82, 2.24) is 4.98 Å². The highest BCUT2D eigenvalue weighted by molar-refractivity contribution is 5.72. The average molecular weight is 178 g/mol. The molecule has 0 amide bonds. The Bertz CT molecular complexity index is 269. The Hall–Kier alpha value is -1.38. The molecule has 0 bridgehead atoms. The van der Waals surface area contributed by atoms with Gasteiger partial charge >= 0.3 is 0 Å². The molecule has 70 valence electrons. The second-order valence-electron chi connectivity index (χ2n) is 2.98. The fraction of sp³-hybridized carbons (Fsp3) is 0.400.